The van der Waals surface area contributed by atoms with Crippen molar-refractivity contribution in [1.82, 2.24) is 9.38 Å². The molecule has 0 aliphatic carbocycles. The van der Waals surface area contributed by atoms with Crippen molar-refractivity contribution in [3.8, 4) is 11.5 Å². The number of ether oxygens (including phenoxy) is 2. The molecular formula is C17H17N3O3. The zero-order valence-corrected chi connectivity index (χ0v) is 13.2. The number of nitrogens with zero attached hydrogens (tertiary/aromatic N) is 2. The standard InChI is InChI=1S/C17H17N3O3/c1-11-6-7-20-10-14(18-16(20)8-11)17(21)19-13-9-12(22-2)4-5-15(13)23-3/h4-10H,1-3H3,(H,19,21). The Morgan fingerprint density at radius 2 is 2.00 bits per heavy atom. The van der Waals surface area contributed by atoms with Crippen LogP contribution in [0.1, 0.15) is 16.1 Å². The molecule has 0 fully saturated rings. The molecule has 118 valence electrons. The fourth-order valence-corrected chi connectivity index (χ4v) is 2.29. The molecule has 3 rings (SSSR count). The summed E-state index contributed by atoms with van der Waals surface area (Å²) in [5.41, 5.74) is 2.68. The van der Waals surface area contributed by atoms with Gasteiger partial charge in [-0.15, -0.1) is 0 Å². The third-order valence-corrected chi connectivity index (χ3v) is 3.50. The van der Waals surface area contributed by atoms with Gasteiger partial charge in [0.05, 0.1) is 19.9 Å². The van der Waals surface area contributed by atoms with Crippen molar-refractivity contribution in [3.05, 3.63) is 54.0 Å². The molecule has 0 bridgehead atoms. The second-order valence-electron chi connectivity index (χ2n) is 5.12. The first kappa shape index (κ1) is 14.9. The molecule has 6 heteroatoms. The van der Waals surface area contributed by atoms with Gasteiger partial charge < -0.3 is 19.2 Å². The van der Waals surface area contributed by atoms with E-state index in [9.17, 15) is 4.79 Å². The lowest BCUT2D eigenvalue weighted by Gasteiger charge is -2.10. The number of hydrogen-bond acceptors (Lipinski definition) is 4. The third-order valence-electron chi connectivity index (χ3n) is 3.50. The number of carbonyl (C=O) groups excluding carboxylic acids is 1. The van der Waals surface area contributed by atoms with Crippen LogP contribution in [0.2, 0.25) is 0 Å². The summed E-state index contributed by atoms with van der Waals surface area (Å²) in [4.78, 5) is 16.8. The summed E-state index contributed by atoms with van der Waals surface area (Å²) in [5, 5.41) is 2.81. The van der Waals surface area contributed by atoms with Gasteiger partial charge in [-0.2, -0.15) is 0 Å². The Labute approximate surface area is 133 Å². The summed E-state index contributed by atoms with van der Waals surface area (Å²) < 4.78 is 12.2. The zero-order chi connectivity index (χ0) is 16.4. The van der Waals surface area contributed by atoms with E-state index in [4.69, 9.17) is 9.47 Å². The minimum atomic E-state index is -0.307. The first-order valence-electron chi connectivity index (χ1n) is 7.09. The summed E-state index contributed by atoms with van der Waals surface area (Å²) in [7, 11) is 3.11. The fraction of sp³-hybridized carbons (Fsp3) is 0.176. The number of aryl methyl sites for hydroxylation is 1. The van der Waals surface area contributed by atoms with Gasteiger partial charge in [0, 0.05) is 18.5 Å². The zero-order valence-electron chi connectivity index (χ0n) is 13.2. The second kappa shape index (κ2) is 6.00. The lowest BCUT2D eigenvalue weighted by atomic mass is 10.2. The molecule has 0 spiro atoms. The summed E-state index contributed by atoms with van der Waals surface area (Å²) in [6.45, 7) is 1.98. The van der Waals surface area contributed by atoms with Crippen molar-refractivity contribution in [2.45, 2.75) is 6.92 Å². The number of anilines is 1. The minimum absolute atomic E-state index is 0.307. The number of amides is 1. The minimum Gasteiger partial charge on any atom is -0.497 e. The van der Waals surface area contributed by atoms with E-state index >= 15 is 0 Å². The van der Waals surface area contributed by atoms with Crippen molar-refractivity contribution >= 4 is 17.2 Å². The maximum atomic E-state index is 12.5. The number of pyridine rings is 1. The molecule has 1 N–H and O–H groups in total. The van der Waals surface area contributed by atoms with Gasteiger partial charge in [-0.3, -0.25) is 4.79 Å². The largest absolute Gasteiger partial charge is 0.497 e. The Balaban J connectivity index is 1.91. The van der Waals surface area contributed by atoms with Crippen LogP contribution in [0.4, 0.5) is 5.69 Å². The number of methoxy groups -OCH3 is 2. The highest BCUT2D eigenvalue weighted by atomic mass is 16.5. The van der Waals surface area contributed by atoms with Gasteiger partial charge in [0.15, 0.2) is 0 Å². The maximum absolute atomic E-state index is 12.5. The molecule has 3 aromatic rings. The molecule has 0 saturated carbocycles. The first-order valence-corrected chi connectivity index (χ1v) is 7.09. The van der Waals surface area contributed by atoms with Crippen molar-refractivity contribution in [2.24, 2.45) is 0 Å². The number of nitrogens with one attached hydrogen (secondary N) is 1. The van der Waals surface area contributed by atoms with Crippen molar-refractivity contribution in [3.63, 3.8) is 0 Å². The summed E-state index contributed by atoms with van der Waals surface area (Å²) >= 11 is 0. The molecule has 2 heterocycles. The lowest BCUT2D eigenvalue weighted by molar-refractivity contribution is 0.102. The third kappa shape index (κ3) is 2.96. The highest BCUT2D eigenvalue weighted by Gasteiger charge is 2.14. The van der Waals surface area contributed by atoms with Crippen LogP contribution < -0.4 is 14.8 Å². The molecule has 1 amide bonds. The molecule has 0 radical (unpaired) electrons. The molecule has 0 aliphatic heterocycles. The highest BCUT2D eigenvalue weighted by molar-refractivity contribution is 6.04. The second-order valence-corrected chi connectivity index (χ2v) is 5.12. The van der Waals surface area contributed by atoms with E-state index in [2.05, 4.69) is 10.3 Å². The monoisotopic (exact) mass is 311 g/mol. The van der Waals surface area contributed by atoms with Gasteiger partial charge in [0.1, 0.15) is 22.8 Å². The van der Waals surface area contributed by atoms with Crippen molar-refractivity contribution in [2.75, 3.05) is 19.5 Å². The highest BCUT2D eigenvalue weighted by Crippen LogP contribution is 2.29. The predicted molar refractivity (Wildman–Crippen MR) is 87.4 cm³/mol. The van der Waals surface area contributed by atoms with E-state index in [0.717, 1.165) is 11.2 Å². The number of carbonyl (C=O) groups is 1. The van der Waals surface area contributed by atoms with Gasteiger partial charge in [-0.05, 0) is 36.8 Å². The number of fused-ring (bicyclic) bond motifs is 1. The average molecular weight is 311 g/mol. The van der Waals surface area contributed by atoms with E-state index in [1.54, 1.807) is 38.6 Å². The quantitative estimate of drug-likeness (QED) is 0.804. The molecule has 2 aromatic heterocycles. The molecule has 0 aliphatic rings. The van der Waals surface area contributed by atoms with E-state index in [0.29, 0.717) is 22.9 Å². The van der Waals surface area contributed by atoms with Gasteiger partial charge in [-0.1, -0.05) is 0 Å². The molecule has 6 nitrogen and oxygen atoms in total. The van der Waals surface area contributed by atoms with Gasteiger partial charge in [0.25, 0.3) is 5.91 Å². The average Bonchev–Trinajstić information content (AvgIpc) is 2.98. The Morgan fingerprint density at radius 1 is 1.17 bits per heavy atom. The Morgan fingerprint density at radius 3 is 2.74 bits per heavy atom. The van der Waals surface area contributed by atoms with Crippen LogP contribution in [0.3, 0.4) is 0 Å². The van der Waals surface area contributed by atoms with Crippen LogP contribution in [0, 0.1) is 6.92 Å². The molecular weight excluding hydrogens is 294 g/mol. The smallest absolute Gasteiger partial charge is 0.275 e. The number of aromatic nitrogens is 2. The first-order chi connectivity index (χ1) is 11.1. The van der Waals surface area contributed by atoms with E-state index in [1.165, 1.54) is 0 Å². The number of hydrogen-bond donors (Lipinski definition) is 1. The van der Waals surface area contributed by atoms with Crippen LogP contribution in [-0.2, 0) is 0 Å². The Kier molecular flexibility index (Phi) is 3.89. The van der Waals surface area contributed by atoms with Crippen LogP contribution in [-0.4, -0.2) is 29.5 Å². The number of rotatable bonds is 4. The topological polar surface area (TPSA) is 64.9 Å². The molecule has 23 heavy (non-hydrogen) atoms. The molecule has 0 unspecified atom stereocenters. The van der Waals surface area contributed by atoms with Crippen LogP contribution in [0.5, 0.6) is 11.5 Å². The molecule has 0 saturated heterocycles. The van der Waals surface area contributed by atoms with Gasteiger partial charge >= 0.3 is 0 Å². The normalized spacial score (nSPS) is 10.6. The van der Waals surface area contributed by atoms with Gasteiger partial charge in [0.2, 0.25) is 0 Å². The van der Waals surface area contributed by atoms with Crippen LogP contribution >= 0.6 is 0 Å². The van der Waals surface area contributed by atoms with Gasteiger partial charge in [-0.25, -0.2) is 4.98 Å². The number of imidazole rings is 1. The number of benzene rings is 1. The van der Waals surface area contributed by atoms with Crippen LogP contribution in [0.25, 0.3) is 5.65 Å². The van der Waals surface area contributed by atoms with Crippen molar-refractivity contribution < 1.29 is 14.3 Å². The Bertz CT molecular complexity index is 871. The van der Waals surface area contributed by atoms with E-state index in [1.807, 2.05) is 29.7 Å². The summed E-state index contributed by atoms with van der Waals surface area (Å²) in [6.07, 6.45) is 3.57. The lowest BCUT2D eigenvalue weighted by Crippen LogP contribution is -2.13. The molecule has 1 aromatic carbocycles. The summed E-state index contributed by atoms with van der Waals surface area (Å²) in [6, 6.07) is 9.09. The molecule has 0 atom stereocenters. The SMILES string of the molecule is COc1ccc(OC)c(NC(=O)c2cn3ccc(C)cc3n2)c1. The van der Waals surface area contributed by atoms with E-state index in [-0.39, 0.29) is 5.91 Å². The van der Waals surface area contributed by atoms with E-state index < -0.39 is 0 Å². The summed E-state index contributed by atoms with van der Waals surface area (Å²) in [5.74, 6) is 0.878. The predicted octanol–water partition coefficient (Wildman–Crippen LogP) is 2.91. The van der Waals surface area contributed by atoms with Crippen molar-refractivity contribution in [1.29, 1.82) is 0 Å². The Hall–Kier alpha value is -3.02. The maximum Gasteiger partial charge on any atom is 0.275 e. The van der Waals surface area contributed by atoms with Crippen LogP contribution in [0.15, 0.2) is 42.7 Å². The fourth-order valence-electron chi connectivity index (χ4n) is 2.29.